The lowest BCUT2D eigenvalue weighted by atomic mass is 10.0. The van der Waals surface area contributed by atoms with Crippen LogP contribution in [0.4, 0.5) is 5.69 Å². The van der Waals surface area contributed by atoms with Gasteiger partial charge < -0.3 is 14.2 Å². The average Bonchev–Trinajstić information content (AvgIpc) is 3.03. The van der Waals surface area contributed by atoms with E-state index in [0.29, 0.717) is 22.7 Å². The maximum absolute atomic E-state index is 13.3. The molecular formula is C24H23NO6. The molecule has 2 aromatic rings. The van der Waals surface area contributed by atoms with Gasteiger partial charge in [-0.2, -0.15) is 0 Å². The second-order valence-electron chi connectivity index (χ2n) is 6.69. The van der Waals surface area contributed by atoms with Gasteiger partial charge in [0.15, 0.2) is 0 Å². The molecule has 0 aliphatic carbocycles. The van der Waals surface area contributed by atoms with Gasteiger partial charge >= 0.3 is 11.9 Å². The summed E-state index contributed by atoms with van der Waals surface area (Å²) in [5, 5.41) is 0. The van der Waals surface area contributed by atoms with Gasteiger partial charge in [-0.3, -0.25) is 9.69 Å². The van der Waals surface area contributed by atoms with E-state index < -0.39 is 11.9 Å². The lowest BCUT2D eigenvalue weighted by Gasteiger charge is -2.18. The summed E-state index contributed by atoms with van der Waals surface area (Å²) in [5.41, 5.74) is 2.50. The molecule has 7 heteroatoms. The zero-order valence-electron chi connectivity index (χ0n) is 17.8. The van der Waals surface area contributed by atoms with E-state index in [2.05, 4.69) is 0 Å². The van der Waals surface area contributed by atoms with Crippen molar-refractivity contribution in [1.82, 2.24) is 0 Å². The fourth-order valence-electron chi connectivity index (χ4n) is 3.32. The molecular weight excluding hydrogens is 398 g/mol. The lowest BCUT2D eigenvalue weighted by molar-refractivity contribution is -0.136. The van der Waals surface area contributed by atoms with Crippen molar-refractivity contribution in [2.45, 2.75) is 13.8 Å². The molecule has 0 N–H and O–H groups in total. The SMILES string of the molecule is CCOC(=O)c1ccc(N2C(=O)/C(=C\c3ccc(OC)cc3)C(C(=O)OC)=C2C)cc1. The number of esters is 2. The van der Waals surface area contributed by atoms with Crippen molar-refractivity contribution in [3.63, 3.8) is 0 Å². The minimum Gasteiger partial charge on any atom is -0.497 e. The van der Waals surface area contributed by atoms with Crippen LogP contribution in [0.15, 0.2) is 65.4 Å². The van der Waals surface area contributed by atoms with E-state index >= 15 is 0 Å². The molecule has 3 rings (SSSR count). The minimum absolute atomic E-state index is 0.192. The van der Waals surface area contributed by atoms with Gasteiger partial charge in [0.25, 0.3) is 5.91 Å². The number of amides is 1. The molecule has 1 heterocycles. The van der Waals surface area contributed by atoms with Gasteiger partial charge in [-0.15, -0.1) is 0 Å². The minimum atomic E-state index is -0.601. The fourth-order valence-corrected chi connectivity index (χ4v) is 3.32. The molecule has 0 atom stereocenters. The summed E-state index contributed by atoms with van der Waals surface area (Å²) in [6.45, 7) is 3.68. The van der Waals surface area contributed by atoms with E-state index in [0.717, 1.165) is 5.56 Å². The summed E-state index contributed by atoms with van der Waals surface area (Å²) in [7, 11) is 2.84. The number of anilines is 1. The lowest BCUT2D eigenvalue weighted by Crippen LogP contribution is -2.24. The van der Waals surface area contributed by atoms with E-state index in [-0.39, 0.29) is 23.7 Å². The molecule has 0 bridgehead atoms. The molecule has 0 radical (unpaired) electrons. The molecule has 0 unspecified atom stereocenters. The van der Waals surface area contributed by atoms with Crippen LogP contribution in [0.1, 0.15) is 29.8 Å². The first kappa shape index (κ1) is 21.8. The topological polar surface area (TPSA) is 82.1 Å². The van der Waals surface area contributed by atoms with Crippen LogP contribution >= 0.6 is 0 Å². The summed E-state index contributed by atoms with van der Waals surface area (Å²) < 4.78 is 15.1. The second-order valence-corrected chi connectivity index (χ2v) is 6.69. The number of hydrogen-bond donors (Lipinski definition) is 0. The third-order valence-electron chi connectivity index (χ3n) is 4.85. The van der Waals surface area contributed by atoms with Gasteiger partial charge in [0.1, 0.15) is 5.75 Å². The van der Waals surface area contributed by atoms with Crippen LogP contribution in [0.25, 0.3) is 6.08 Å². The van der Waals surface area contributed by atoms with Gasteiger partial charge in [-0.25, -0.2) is 9.59 Å². The zero-order chi connectivity index (χ0) is 22.5. The first-order chi connectivity index (χ1) is 14.9. The molecule has 31 heavy (non-hydrogen) atoms. The fraction of sp³-hybridized carbons (Fsp3) is 0.208. The number of ether oxygens (including phenoxy) is 3. The Labute approximate surface area is 180 Å². The number of carbonyl (C=O) groups excluding carboxylic acids is 3. The summed E-state index contributed by atoms with van der Waals surface area (Å²) in [4.78, 5) is 39.1. The third-order valence-corrected chi connectivity index (χ3v) is 4.85. The van der Waals surface area contributed by atoms with Gasteiger partial charge in [0.2, 0.25) is 0 Å². The highest BCUT2D eigenvalue weighted by atomic mass is 16.5. The third kappa shape index (κ3) is 4.35. The number of allylic oxidation sites excluding steroid dienone is 1. The molecule has 1 aliphatic heterocycles. The molecule has 2 aromatic carbocycles. The van der Waals surface area contributed by atoms with Crippen LogP contribution in [-0.2, 0) is 19.1 Å². The van der Waals surface area contributed by atoms with E-state index in [1.165, 1.54) is 12.0 Å². The summed E-state index contributed by atoms with van der Waals surface area (Å²) >= 11 is 0. The van der Waals surface area contributed by atoms with Crippen molar-refractivity contribution in [2.24, 2.45) is 0 Å². The molecule has 0 saturated heterocycles. The normalized spacial score (nSPS) is 14.8. The standard InChI is InChI=1S/C24H23NO6/c1-5-31-23(27)17-8-10-18(11-9-17)25-15(2)21(24(28)30-4)20(22(25)26)14-16-6-12-19(29-3)13-7-16/h6-14H,5H2,1-4H3/b20-14-. The van der Waals surface area contributed by atoms with E-state index in [9.17, 15) is 14.4 Å². The summed E-state index contributed by atoms with van der Waals surface area (Å²) in [6, 6.07) is 13.6. The largest absolute Gasteiger partial charge is 0.497 e. The Morgan fingerprint density at radius 3 is 2.16 bits per heavy atom. The van der Waals surface area contributed by atoms with Gasteiger partial charge in [-0.05, 0) is 61.9 Å². The van der Waals surface area contributed by atoms with Gasteiger partial charge in [-0.1, -0.05) is 12.1 Å². The van der Waals surface area contributed by atoms with Gasteiger partial charge in [0.05, 0.1) is 37.5 Å². The number of carbonyl (C=O) groups is 3. The summed E-state index contributed by atoms with van der Waals surface area (Å²) in [6.07, 6.45) is 1.64. The van der Waals surface area contributed by atoms with Crippen molar-refractivity contribution in [1.29, 1.82) is 0 Å². The Bertz CT molecular complexity index is 1060. The van der Waals surface area contributed by atoms with E-state index in [1.807, 2.05) is 0 Å². The Morgan fingerprint density at radius 2 is 1.61 bits per heavy atom. The van der Waals surface area contributed by atoms with Crippen LogP contribution in [0.5, 0.6) is 5.75 Å². The van der Waals surface area contributed by atoms with Crippen molar-refractivity contribution >= 4 is 29.6 Å². The van der Waals surface area contributed by atoms with Crippen molar-refractivity contribution in [2.75, 3.05) is 25.7 Å². The number of methoxy groups -OCH3 is 2. The molecule has 7 nitrogen and oxygen atoms in total. The Kier molecular flexibility index (Phi) is 6.55. The second kappa shape index (κ2) is 9.30. The maximum atomic E-state index is 13.3. The Balaban J connectivity index is 2.01. The predicted octanol–water partition coefficient (Wildman–Crippen LogP) is 3.75. The first-order valence-corrected chi connectivity index (χ1v) is 9.68. The van der Waals surface area contributed by atoms with Crippen LogP contribution in [0, 0.1) is 0 Å². The molecule has 0 saturated carbocycles. The van der Waals surface area contributed by atoms with E-state index in [1.54, 1.807) is 75.6 Å². The van der Waals surface area contributed by atoms with Crippen molar-refractivity contribution in [3.05, 3.63) is 76.5 Å². The van der Waals surface area contributed by atoms with Crippen LogP contribution in [0.3, 0.4) is 0 Å². The molecule has 0 aromatic heterocycles. The quantitative estimate of drug-likeness (QED) is 0.522. The number of benzene rings is 2. The highest BCUT2D eigenvalue weighted by Crippen LogP contribution is 2.35. The number of rotatable bonds is 6. The zero-order valence-corrected chi connectivity index (χ0v) is 17.8. The first-order valence-electron chi connectivity index (χ1n) is 9.68. The number of hydrogen-bond acceptors (Lipinski definition) is 6. The Hall–Kier alpha value is -3.87. The number of nitrogens with zero attached hydrogens (tertiary/aromatic N) is 1. The van der Waals surface area contributed by atoms with Gasteiger partial charge in [0, 0.05) is 11.4 Å². The van der Waals surface area contributed by atoms with Crippen molar-refractivity contribution < 1.29 is 28.6 Å². The molecule has 1 aliphatic rings. The summed E-state index contributed by atoms with van der Waals surface area (Å²) in [5.74, 6) is -0.721. The highest BCUT2D eigenvalue weighted by Gasteiger charge is 2.37. The van der Waals surface area contributed by atoms with Crippen LogP contribution < -0.4 is 9.64 Å². The monoisotopic (exact) mass is 421 g/mol. The maximum Gasteiger partial charge on any atom is 0.340 e. The van der Waals surface area contributed by atoms with Crippen molar-refractivity contribution in [3.8, 4) is 5.75 Å². The molecule has 160 valence electrons. The smallest absolute Gasteiger partial charge is 0.340 e. The average molecular weight is 421 g/mol. The molecule has 0 fully saturated rings. The highest BCUT2D eigenvalue weighted by molar-refractivity contribution is 6.23. The molecule has 0 spiro atoms. The Morgan fingerprint density at radius 1 is 0.968 bits per heavy atom. The van der Waals surface area contributed by atoms with E-state index in [4.69, 9.17) is 14.2 Å². The predicted molar refractivity (Wildman–Crippen MR) is 116 cm³/mol. The van der Waals surface area contributed by atoms with Crippen LogP contribution in [-0.4, -0.2) is 38.7 Å². The van der Waals surface area contributed by atoms with Crippen LogP contribution in [0.2, 0.25) is 0 Å². The molecule has 1 amide bonds.